The molecule has 2 aromatic rings. The Morgan fingerprint density at radius 2 is 2.11 bits per heavy atom. The number of fused-ring (bicyclic) bond motifs is 1. The van der Waals surface area contributed by atoms with E-state index in [1.54, 1.807) is 0 Å². The van der Waals surface area contributed by atoms with E-state index in [0.717, 1.165) is 16.8 Å². The molecule has 98 valence electrons. The van der Waals surface area contributed by atoms with Gasteiger partial charge in [-0.05, 0) is 30.7 Å². The molecule has 3 nitrogen and oxygen atoms in total. The third-order valence-electron chi connectivity index (χ3n) is 3.07. The lowest BCUT2D eigenvalue weighted by Crippen LogP contribution is -2.14. The van der Waals surface area contributed by atoms with Gasteiger partial charge in [0.1, 0.15) is 11.0 Å². The van der Waals surface area contributed by atoms with Crippen LogP contribution >= 0.6 is 11.6 Å². The number of ether oxygens (including phenoxy) is 1. The van der Waals surface area contributed by atoms with E-state index < -0.39 is 0 Å². The molecule has 0 N–H and O–H groups in total. The fourth-order valence-electron chi connectivity index (χ4n) is 2.19. The normalized spacial score (nSPS) is 14.3. The Balaban J connectivity index is 2.12. The Morgan fingerprint density at radius 1 is 1.26 bits per heavy atom. The topological polar surface area (TPSA) is 35.0 Å². The largest absolute Gasteiger partial charge is 0.376 e. The summed E-state index contributed by atoms with van der Waals surface area (Å²) in [4.78, 5) is 8.73. The zero-order valence-electron chi connectivity index (χ0n) is 10.4. The third kappa shape index (κ3) is 2.46. The molecule has 0 saturated carbocycles. The molecule has 0 aliphatic carbocycles. The van der Waals surface area contributed by atoms with Crippen molar-refractivity contribution < 1.29 is 9.13 Å². The molecule has 0 spiro atoms. The highest BCUT2D eigenvalue weighted by Crippen LogP contribution is 2.26. The molecule has 0 fully saturated rings. The van der Waals surface area contributed by atoms with Crippen molar-refractivity contribution in [2.45, 2.75) is 20.0 Å². The summed E-state index contributed by atoms with van der Waals surface area (Å²) >= 11 is 6.15. The Labute approximate surface area is 115 Å². The Bertz CT molecular complexity index is 625. The van der Waals surface area contributed by atoms with Gasteiger partial charge in [-0.2, -0.15) is 0 Å². The molecule has 1 aromatic carbocycles. The van der Waals surface area contributed by atoms with Gasteiger partial charge >= 0.3 is 0 Å². The summed E-state index contributed by atoms with van der Waals surface area (Å²) in [6.45, 7) is 2.90. The van der Waals surface area contributed by atoms with Gasteiger partial charge in [-0.1, -0.05) is 11.6 Å². The molecule has 2 heterocycles. The standard InChI is InChI=1S/C14H12ClFN2O/c1-8-4-9(6-10(16)5-8)14-17-12-2-3-19-7-11(12)13(15)18-14/h4-6H,2-3,7H2,1H3. The Hall–Kier alpha value is -1.52. The van der Waals surface area contributed by atoms with E-state index in [4.69, 9.17) is 16.3 Å². The summed E-state index contributed by atoms with van der Waals surface area (Å²) in [6.07, 6.45) is 0.707. The number of halogens is 2. The van der Waals surface area contributed by atoms with Gasteiger partial charge in [-0.15, -0.1) is 0 Å². The van der Waals surface area contributed by atoms with Crippen LogP contribution < -0.4 is 0 Å². The number of hydrogen-bond acceptors (Lipinski definition) is 3. The lowest BCUT2D eigenvalue weighted by molar-refractivity contribution is 0.109. The first-order valence-electron chi connectivity index (χ1n) is 6.04. The van der Waals surface area contributed by atoms with Crippen molar-refractivity contribution in [1.82, 2.24) is 9.97 Å². The number of rotatable bonds is 1. The zero-order valence-corrected chi connectivity index (χ0v) is 11.2. The van der Waals surface area contributed by atoms with Crippen LogP contribution in [-0.2, 0) is 17.8 Å². The van der Waals surface area contributed by atoms with Gasteiger partial charge in [-0.25, -0.2) is 14.4 Å². The molecule has 19 heavy (non-hydrogen) atoms. The minimum atomic E-state index is -0.296. The Kier molecular flexibility index (Phi) is 3.21. The first kappa shape index (κ1) is 12.5. The fourth-order valence-corrected chi connectivity index (χ4v) is 2.43. The van der Waals surface area contributed by atoms with Crippen molar-refractivity contribution in [3.8, 4) is 11.4 Å². The van der Waals surface area contributed by atoms with Crippen LogP contribution in [-0.4, -0.2) is 16.6 Å². The maximum absolute atomic E-state index is 13.4. The SMILES string of the molecule is Cc1cc(F)cc(-c2nc(Cl)c3c(n2)CCOC3)c1. The van der Waals surface area contributed by atoms with Gasteiger partial charge in [0.2, 0.25) is 0 Å². The monoisotopic (exact) mass is 278 g/mol. The van der Waals surface area contributed by atoms with Gasteiger partial charge in [0.25, 0.3) is 0 Å². The average Bonchev–Trinajstić information content (AvgIpc) is 2.37. The summed E-state index contributed by atoms with van der Waals surface area (Å²) < 4.78 is 18.8. The highest BCUT2D eigenvalue weighted by Gasteiger charge is 2.18. The average molecular weight is 279 g/mol. The van der Waals surface area contributed by atoms with Crippen LogP contribution in [0.5, 0.6) is 0 Å². The lowest BCUT2D eigenvalue weighted by Gasteiger charge is -2.17. The minimum Gasteiger partial charge on any atom is -0.376 e. The van der Waals surface area contributed by atoms with E-state index in [1.807, 2.05) is 13.0 Å². The van der Waals surface area contributed by atoms with Crippen molar-refractivity contribution in [3.05, 3.63) is 46.0 Å². The van der Waals surface area contributed by atoms with E-state index in [2.05, 4.69) is 9.97 Å². The second-order valence-electron chi connectivity index (χ2n) is 4.58. The maximum atomic E-state index is 13.4. The number of benzene rings is 1. The highest BCUT2D eigenvalue weighted by molar-refractivity contribution is 6.30. The van der Waals surface area contributed by atoms with E-state index in [-0.39, 0.29) is 5.82 Å². The second-order valence-corrected chi connectivity index (χ2v) is 4.94. The molecule has 0 saturated heterocycles. The van der Waals surface area contributed by atoms with Gasteiger partial charge in [0.05, 0.1) is 18.9 Å². The number of nitrogens with zero attached hydrogens (tertiary/aromatic N) is 2. The highest BCUT2D eigenvalue weighted by atomic mass is 35.5. The molecular weight excluding hydrogens is 267 g/mol. The van der Waals surface area contributed by atoms with Gasteiger partial charge in [-0.3, -0.25) is 0 Å². The van der Waals surface area contributed by atoms with Crippen LogP contribution in [0.2, 0.25) is 5.15 Å². The Morgan fingerprint density at radius 3 is 2.89 bits per heavy atom. The molecule has 0 unspecified atom stereocenters. The molecule has 0 amide bonds. The van der Waals surface area contributed by atoms with Crippen LogP contribution in [0.15, 0.2) is 18.2 Å². The molecular formula is C14H12ClFN2O. The molecule has 0 radical (unpaired) electrons. The van der Waals surface area contributed by atoms with E-state index in [0.29, 0.717) is 36.2 Å². The number of aryl methyl sites for hydroxylation is 1. The smallest absolute Gasteiger partial charge is 0.161 e. The summed E-state index contributed by atoms with van der Waals surface area (Å²) in [7, 11) is 0. The third-order valence-corrected chi connectivity index (χ3v) is 3.38. The van der Waals surface area contributed by atoms with E-state index >= 15 is 0 Å². The predicted octanol–water partition coefficient (Wildman–Crippen LogP) is 3.32. The van der Waals surface area contributed by atoms with Crippen LogP contribution in [0.3, 0.4) is 0 Å². The minimum absolute atomic E-state index is 0.296. The predicted molar refractivity (Wildman–Crippen MR) is 70.5 cm³/mol. The maximum Gasteiger partial charge on any atom is 0.161 e. The summed E-state index contributed by atoms with van der Waals surface area (Å²) in [6, 6.07) is 4.74. The van der Waals surface area contributed by atoms with Crippen LogP contribution in [0.25, 0.3) is 11.4 Å². The van der Waals surface area contributed by atoms with Crippen LogP contribution in [0, 0.1) is 12.7 Å². The van der Waals surface area contributed by atoms with Gasteiger partial charge in [0, 0.05) is 17.5 Å². The first-order valence-corrected chi connectivity index (χ1v) is 6.42. The molecule has 1 aromatic heterocycles. The first-order chi connectivity index (χ1) is 9.13. The summed E-state index contributed by atoms with van der Waals surface area (Å²) in [5, 5.41) is 0.390. The number of aromatic nitrogens is 2. The molecule has 0 atom stereocenters. The van der Waals surface area contributed by atoms with Gasteiger partial charge in [0.15, 0.2) is 5.82 Å². The zero-order chi connectivity index (χ0) is 13.4. The molecule has 1 aliphatic rings. The molecule has 5 heteroatoms. The molecule has 0 bridgehead atoms. The second kappa shape index (κ2) is 4.87. The van der Waals surface area contributed by atoms with Crippen molar-refractivity contribution in [1.29, 1.82) is 0 Å². The number of hydrogen-bond donors (Lipinski definition) is 0. The lowest BCUT2D eigenvalue weighted by atomic mass is 10.1. The van der Waals surface area contributed by atoms with Crippen LogP contribution in [0.4, 0.5) is 4.39 Å². The van der Waals surface area contributed by atoms with Crippen molar-refractivity contribution >= 4 is 11.6 Å². The van der Waals surface area contributed by atoms with Crippen molar-refractivity contribution in [2.24, 2.45) is 0 Å². The molecule has 3 rings (SSSR count). The summed E-state index contributed by atoms with van der Waals surface area (Å²) in [5.74, 6) is 0.170. The summed E-state index contributed by atoms with van der Waals surface area (Å²) in [5.41, 5.74) is 3.21. The van der Waals surface area contributed by atoms with Crippen molar-refractivity contribution in [2.75, 3.05) is 6.61 Å². The molecule has 1 aliphatic heterocycles. The quantitative estimate of drug-likeness (QED) is 0.751. The van der Waals surface area contributed by atoms with Crippen molar-refractivity contribution in [3.63, 3.8) is 0 Å². The van der Waals surface area contributed by atoms with Gasteiger partial charge < -0.3 is 4.74 Å². The fraction of sp³-hybridized carbons (Fsp3) is 0.286. The van der Waals surface area contributed by atoms with E-state index in [1.165, 1.54) is 12.1 Å². The van der Waals surface area contributed by atoms with Crippen LogP contribution in [0.1, 0.15) is 16.8 Å². The van der Waals surface area contributed by atoms with E-state index in [9.17, 15) is 4.39 Å².